The maximum Gasteiger partial charge on any atom is 0.244 e. The lowest BCUT2D eigenvalue weighted by Crippen LogP contribution is -2.44. The average molecular weight is 324 g/mol. The summed E-state index contributed by atoms with van der Waals surface area (Å²) in [6.07, 6.45) is 0. The van der Waals surface area contributed by atoms with E-state index in [-0.39, 0.29) is 5.69 Å². The summed E-state index contributed by atoms with van der Waals surface area (Å²) in [6.45, 7) is 3.38. The Hall–Kier alpha value is -1.38. The van der Waals surface area contributed by atoms with Gasteiger partial charge in [-0.05, 0) is 26.0 Å². The Kier molecular flexibility index (Phi) is 5.32. The number of sulfonamides is 1. The summed E-state index contributed by atoms with van der Waals surface area (Å²) in [5, 5.41) is 2.04. The zero-order valence-electron chi connectivity index (χ0n) is 10.9. The number of carbonyl (C=O) groups is 1. The fourth-order valence-electron chi connectivity index (χ4n) is 1.46. The van der Waals surface area contributed by atoms with Crippen LogP contribution in [0.5, 0.6) is 0 Å². The molecule has 0 aliphatic rings. The quantitative estimate of drug-likeness (QED) is 0.700. The van der Waals surface area contributed by atoms with E-state index in [1.165, 1.54) is 6.92 Å². The smallest absolute Gasteiger partial charge is 0.244 e. The molecule has 9 heteroatoms. The second-order valence-electron chi connectivity index (χ2n) is 4.05. The van der Waals surface area contributed by atoms with Gasteiger partial charge in [-0.15, -0.1) is 0 Å². The van der Waals surface area contributed by atoms with Crippen LogP contribution < -0.4 is 15.8 Å². The van der Waals surface area contributed by atoms with Crippen molar-refractivity contribution in [1.82, 2.24) is 10.0 Å². The van der Waals surface area contributed by atoms with Crippen molar-refractivity contribution < 1.29 is 17.6 Å². The zero-order valence-corrected chi connectivity index (χ0v) is 12.5. The SMILES string of the molecule is CCNC(=O)C(C)NS(=O)(=O)c1cc(N)cc(Cl)c1F. The molecular weight excluding hydrogens is 309 g/mol. The van der Waals surface area contributed by atoms with Crippen LogP contribution in [-0.4, -0.2) is 26.9 Å². The molecule has 1 amide bonds. The Balaban J connectivity index is 3.09. The number of likely N-dealkylation sites (N-methyl/N-ethyl adjacent to an activating group) is 1. The highest BCUT2D eigenvalue weighted by Crippen LogP contribution is 2.25. The first-order chi connectivity index (χ1) is 9.19. The fraction of sp³-hybridized carbons (Fsp3) is 0.364. The molecule has 1 rings (SSSR count). The van der Waals surface area contributed by atoms with Crippen LogP contribution in [0.25, 0.3) is 0 Å². The van der Waals surface area contributed by atoms with Gasteiger partial charge in [-0.1, -0.05) is 11.6 Å². The molecule has 1 atom stereocenters. The van der Waals surface area contributed by atoms with E-state index in [9.17, 15) is 17.6 Å². The number of hydrogen-bond acceptors (Lipinski definition) is 4. The van der Waals surface area contributed by atoms with E-state index in [2.05, 4.69) is 10.0 Å². The van der Waals surface area contributed by atoms with Gasteiger partial charge in [-0.2, -0.15) is 4.72 Å². The molecule has 0 bridgehead atoms. The van der Waals surface area contributed by atoms with Crippen LogP contribution in [0, 0.1) is 5.82 Å². The number of halogens is 2. The van der Waals surface area contributed by atoms with Gasteiger partial charge in [0, 0.05) is 12.2 Å². The summed E-state index contributed by atoms with van der Waals surface area (Å²) in [7, 11) is -4.25. The van der Waals surface area contributed by atoms with Gasteiger partial charge in [-0.3, -0.25) is 4.79 Å². The molecule has 0 radical (unpaired) electrons. The van der Waals surface area contributed by atoms with Gasteiger partial charge in [0.05, 0.1) is 11.1 Å². The van der Waals surface area contributed by atoms with Crippen molar-refractivity contribution >= 4 is 33.2 Å². The second kappa shape index (κ2) is 6.38. The van der Waals surface area contributed by atoms with Crippen LogP contribution in [0.1, 0.15) is 13.8 Å². The first kappa shape index (κ1) is 16.7. The van der Waals surface area contributed by atoms with Crippen molar-refractivity contribution in [2.75, 3.05) is 12.3 Å². The standard InChI is InChI=1S/C11H15ClFN3O3S/c1-3-15-11(17)6(2)16-20(18,19)9-5-7(14)4-8(12)10(9)13/h4-6,16H,3,14H2,1-2H3,(H,15,17). The van der Waals surface area contributed by atoms with Crippen LogP contribution >= 0.6 is 11.6 Å². The monoisotopic (exact) mass is 323 g/mol. The lowest BCUT2D eigenvalue weighted by molar-refractivity contribution is -0.122. The van der Waals surface area contributed by atoms with Gasteiger partial charge in [-0.25, -0.2) is 12.8 Å². The third kappa shape index (κ3) is 3.81. The number of anilines is 1. The first-order valence-electron chi connectivity index (χ1n) is 5.73. The molecular formula is C11H15ClFN3O3S. The molecule has 1 aromatic rings. The number of nitrogen functional groups attached to an aromatic ring is 1. The number of hydrogen-bond donors (Lipinski definition) is 3. The third-order valence-electron chi connectivity index (χ3n) is 2.38. The van der Waals surface area contributed by atoms with E-state index in [1.807, 2.05) is 0 Å². The van der Waals surface area contributed by atoms with E-state index in [0.717, 1.165) is 12.1 Å². The minimum atomic E-state index is -4.25. The molecule has 0 spiro atoms. The summed E-state index contributed by atoms with van der Waals surface area (Å²) in [5.74, 6) is -1.64. The predicted octanol–water partition coefficient (Wildman–Crippen LogP) is 0.864. The van der Waals surface area contributed by atoms with Crippen molar-refractivity contribution in [2.24, 2.45) is 0 Å². The third-order valence-corrected chi connectivity index (χ3v) is 4.20. The Labute approximate surface area is 121 Å². The molecule has 1 aromatic carbocycles. The highest BCUT2D eigenvalue weighted by molar-refractivity contribution is 7.89. The number of nitrogens with one attached hydrogen (secondary N) is 2. The van der Waals surface area contributed by atoms with Crippen molar-refractivity contribution in [3.05, 3.63) is 23.0 Å². The lowest BCUT2D eigenvalue weighted by Gasteiger charge is -2.14. The Bertz CT molecular complexity index is 622. The molecule has 0 aliphatic heterocycles. The summed E-state index contributed by atoms with van der Waals surface area (Å²) in [4.78, 5) is 10.8. The van der Waals surface area contributed by atoms with E-state index in [4.69, 9.17) is 17.3 Å². The summed E-state index contributed by atoms with van der Waals surface area (Å²) >= 11 is 5.55. The van der Waals surface area contributed by atoms with E-state index in [0.29, 0.717) is 6.54 Å². The maximum atomic E-state index is 13.8. The molecule has 4 N–H and O–H groups in total. The topological polar surface area (TPSA) is 101 Å². The van der Waals surface area contributed by atoms with Gasteiger partial charge in [0.2, 0.25) is 15.9 Å². The minimum Gasteiger partial charge on any atom is -0.399 e. The van der Waals surface area contributed by atoms with E-state index < -0.39 is 37.7 Å². The molecule has 0 saturated carbocycles. The first-order valence-corrected chi connectivity index (χ1v) is 7.59. The maximum absolute atomic E-state index is 13.8. The van der Waals surface area contributed by atoms with Crippen molar-refractivity contribution in [2.45, 2.75) is 24.8 Å². The van der Waals surface area contributed by atoms with Crippen LogP contribution in [-0.2, 0) is 14.8 Å². The van der Waals surface area contributed by atoms with Gasteiger partial charge in [0.25, 0.3) is 0 Å². The summed E-state index contributed by atoms with van der Waals surface area (Å²) in [6, 6.07) is 0.983. The number of carbonyl (C=O) groups excluding carboxylic acids is 1. The molecule has 0 aromatic heterocycles. The van der Waals surface area contributed by atoms with Gasteiger partial charge >= 0.3 is 0 Å². The van der Waals surface area contributed by atoms with Gasteiger partial charge in [0.15, 0.2) is 5.82 Å². The molecule has 6 nitrogen and oxygen atoms in total. The second-order valence-corrected chi connectivity index (χ2v) is 6.14. The molecule has 0 heterocycles. The Morgan fingerprint density at radius 1 is 1.50 bits per heavy atom. The normalized spacial score (nSPS) is 13.0. The highest BCUT2D eigenvalue weighted by Gasteiger charge is 2.26. The van der Waals surface area contributed by atoms with Gasteiger partial charge in [0.1, 0.15) is 4.90 Å². The number of benzene rings is 1. The fourth-order valence-corrected chi connectivity index (χ4v) is 3.08. The van der Waals surface area contributed by atoms with E-state index in [1.54, 1.807) is 6.92 Å². The highest BCUT2D eigenvalue weighted by atomic mass is 35.5. The number of nitrogens with two attached hydrogens (primary N) is 1. The van der Waals surface area contributed by atoms with Crippen molar-refractivity contribution in [3.63, 3.8) is 0 Å². The van der Waals surface area contributed by atoms with Crippen LogP contribution in [0.2, 0.25) is 5.02 Å². The van der Waals surface area contributed by atoms with Crippen LogP contribution in [0.3, 0.4) is 0 Å². The van der Waals surface area contributed by atoms with Crippen LogP contribution in [0.4, 0.5) is 10.1 Å². The predicted molar refractivity (Wildman–Crippen MR) is 74.3 cm³/mol. The number of rotatable bonds is 5. The van der Waals surface area contributed by atoms with Crippen molar-refractivity contribution in [3.8, 4) is 0 Å². The molecule has 112 valence electrons. The largest absolute Gasteiger partial charge is 0.399 e. The van der Waals surface area contributed by atoms with E-state index >= 15 is 0 Å². The van der Waals surface area contributed by atoms with Gasteiger partial charge < -0.3 is 11.1 Å². The Morgan fingerprint density at radius 3 is 2.65 bits per heavy atom. The summed E-state index contributed by atoms with van der Waals surface area (Å²) in [5.41, 5.74) is 5.44. The van der Waals surface area contributed by atoms with Crippen molar-refractivity contribution in [1.29, 1.82) is 0 Å². The molecule has 1 unspecified atom stereocenters. The molecule has 0 fully saturated rings. The summed E-state index contributed by atoms with van der Waals surface area (Å²) < 4.78 is 39.9. The lowest BCUT2D eigenvalue weighted by atomic mass is 10.3. The molecule has 0 aliphatic carbocycles. The number of amides is 1. The minimum absolute atomic E-state index is 0.00226. The average Bonchev–Trinajstić information content (AvgIpc) is 2.33. The molecule has 20 heavy (non-hydrogen) atoms. The molecule has 0 saturated heterocycles. The zero-order chi connectivity index (χ0) is 15.5. The van der Waals surface area contributed by atoms with Crippen LogP contribution in [0.15, 0.2) is 17.0 Å². The Morgan fingerprint density at radius 2 is 2.10 bits per heavy atom.